The van der Waals surface area contributed by atoms with Crippen LogP contribution < -0.4 is 16.0 Å². The first-order valence-electron chi connectivity index (χ1n) is 27.3. The van der Waals surface area contributed by atoms with Crippen LogP contribution in [0.5, 0.6) is 0 Å². The summed E-state index contributed by atoms with van der Waals surface area (Å²) in [6, 6.07) is 41.8. The van der Waals surface area contributed by atoms with Crippen LogP contribution >= 0.6 is 11.3 Å². The molecule has 1 atom stereocenters. The number of amides is 3. The van der Waals surface area contributed by atoms with E-state index in [4.69, 9.17) is 24.6 Å². The smallest absolute Gasteiger partial charge is 0.257 e. The molecule has 8 aromatic heterocycles. The summed E-state index contributed by atoms with van der Waals surface area (Å²) in [5.74, 6) is 19.2. The summed E-state index contributed by atoms with van der Waals surface area (Å²) >= 11 is 1.33. The molecule has 12 aromatic rings. The molecule has 0 aliphatic rings. The molecule has 0 spiro atoms. The zero-order valence-electron chi connectivity index (χ0n) is 46.5. The maximum absolute atomic E-state index is 13.6. The number of carbonyl (C=O) groups excluding carboxylic acids is 3. The summed E-state index contributed by atoms with van der Waals surface area (Å²) in [5, 5.41) is 36.2. The van der Waals surface area contributed by atoms with Gasteiger partial charge in [-0.15, -0.1) is 10.2 Å². The number of pyridine rings is 2. The molecule has 0 fully saturated rings. The van der Waals surface area contributed by atoms with Crippen LogP contribution in [0.3, 0.4) is 0 Å². The van der Waals surface area contributed by atoms with E-state index in [0.717, 1.165) is 10.6 Å². The number of benzene rings is 4. The molecule has 4 aromatic carbocycles. The van der Waals surface area contributed by atoms with E-state index in [-0.39, 0.29) is 30.3 Å². The van der Waals surface area contributed by atoms with Crippen molar-refractivity contribution in [1.29, 1.82) is 0 Å². The van der Waals surface area contributed by atoms with Gasteiger partial charge < -0.3 is 15.1 Å². The number of nitrogens with zero attached hydrogens (tertiary/aromatic N) is 13. The van der Waals surface area contributed by atoms with Crippen molar-refractivity contribution in [3.63, 3.8) is 0 Å². The molecule has 0 radical (unpaired) electrons. The molecule has 0 aliphatic heterocycles. The van der Waals surface area contributed by atoms with Crippen LogP contribution in [0.4, 0.5) is 5.13 Å². The molecular weight excluding hydrogens is 1110 g/mol. The number of aromatic nitrogens is 13. The normalized spacial score (nSPS) is 11.1. The monoisotopic (exact) mass is 1160 g/mol. The van der Waals surface area contributed by atoms with E-state index in [9.17, 15) is 14.4 Å². The summed E-state index contributed by atoms with van der Waals surface area (Å²) in [5.41, 5.74) is 9.31. The van der Waals surface area contributed by atoms with Crippen molar-refractivity contribution in [1.82, 2.24) is 74.9 Å². The molecule has 0 aliphatic carbocycles. The van der Waals surface area contributed by atoms with Crippen molar-refractivity contribution >= 4 is 34.2 Å². The molecule has 0 bridgehead atoms. The molecule has 20 nitrogen and oxygen atoms in total. The highest BCUT2D eigenvalue weighted by atomic mass is 32.1. The van der Waals surface area contributed by atoms with E-state index in [1.54, 1.807) is 129 Å². The maximum atomic E-state index is 13.6. The summed E-state index contributed by atoms with van der Waals surface area (Å²) in [7, 11) is 0. The van der Waals surface area contributed by atoms with Crippen LogP contribution in [-0.2, 0) is 13.0 Å². The van der Waals surface area contributed by atoms with Crippen LogP contribution in [0.15, 0.2) is 200 Å². The van der Waals surface area contributed by atoms with Gasteiger partial charge in [-0.1, -0.05) is 72.0 Å². The molecule has 1 unspecified atom stereocenters. The Morgan fingerprint density at radius 1 is 0.586 bits per heavy atom. The second kappa shape index (κ2) is 25.6. The van der Waals surface area contributed by atoms with Crippen molar-refractivity contribution in [3.05, 3.63) is 256 Å². The lowest BCUT2D eigenvalue weighted by molar-refractivity contribution is 0.0940. The Labute approximate surface area is 502 Å². The molecule has 0 saturated heterocycles. The second-order valence-electron chi connectivity index (χ2n) is 19.4. The zero-order valence-corrected chi connectivity index (χ0v) is 47.3. The molecule has 87 heavy (non-hydrogen) atoms. The summed E-state index contributed by atoms with van der Waals surface area (Å²) in [6.07, 6.45) is 15.5. The standard InChI is InChI=1S/C66H48N16O4S/c1-3-62-77-78-66(87-62)76-65(85)53-20-25-57(79-33-8-30-72-79)48(35-53)18-13-46-15-23-55(68-39-46)61-29-32-74-82(61)59-27-22-52(64(84)71-41-54-11-7-34-86-54)37-50(59)19-14-47-16-24-56(69-40-47)60-28-31-73-81(60)58-26-21-51(36-49(58)17-12-45-9-5-4-6-10-45)63(83)70-38-44(2)80-43-67-42-75-80/h4-11,15-16,20-37,39-40,42-44H,3,38,41H2,1-2H3,(H,70,83)(H,71,84)(H,76,78,85). The first-order chi connectivity index (χ1) is 42.7. The molecule has 12 rings (SSSR count). The molecule has 3 amide bonds. The molecular formula is C66H48N16O4S. The van der Waals surface area contributed by atoms with Gasteiger partial charge in [0, 0.05) is 64.7 Å². The Hall–Kier alpha value is -12.1. The van der Waals surface area contributed by atoms with Crippen LogP contribution in [0.25, 0.3) is 39.8 Å². The average molecular weight is 1160 g/mol. The topological polar surface area (TPSA) is 236 Å². The van der Waals surface area contributed by atoms with Gasteiger partial charge in [-0.3, -0.25) is 29.7 Å². The van der Waals surface area contributed by atoms with Gasteiger partial charge in [-0.05, 0) is 135 Å². The molecule has 8 heterocycles. The van der Waals surface area contributed by atoms with E-state index in [1.807, 2.05) is 92.7 Å². The van der Waals surface area contributed by atoms with Gasteiger partial charge in [0.15, 0.2) is 0 Å². The van der Waals surface area contributed by atoms with E-state index in [2.05, 4.69) is 76.9 Å². The van der Waals surface area contributed by atoms with Crippen LogP contribution in [0.1, 0.15) is 95.1 Å². The zero-order chi connectivity index (χ0) is 59.5. The third-order valence-corrected chi connectivity index (χ3v) is 14.5. The predicted molar refractivity (Wildman–Crippen MR) is 326 cm³/mol. The fourth-order valence-electron chi connectivity index (χ4n) is 9.05. The highest BCUT2D eigenvalue weighted by molar-refractivity contribution is 7.15. The van der Waals surface area contributed by atoms with Gasteiger partial charge in [0.05, 0.1) is 87.8 Å². The van der Waals surface area contributed by atoms with E-state index < -0.39 is 0 Å². The quantitative estimate of drug-likeness (QED) is 0.0813. The second-order valence-corrected chi connectivity index (χ2v) is 20.5. The lowest BCUT2D eigenvalue weighted by Crippen LogP contribution is -2.29. The van der Waals surface area contributed by atoms with Crippen LogP contribution in [-0.4, -0.2) is 88.5 Å². The van der Waals surface area contributed by atoms with Crippen LogP contribution in [0, 0.1) is 35.5 Å². The Kier molecular flexibility index (Phi) is 16.3. The number of furan rings is 1. The van der Waals surface area contributed by atoms with E-state index >= 15 is 0 Å². The Morgan fingerprint density at radius 2 is 1.20 bits per heavy atom. The SMILES string of the molecule is CCc1nnc(NC(=O)c2ccc(-n3cccn3)c(C#Cc3ccc(-c4ccnn4-c4ccc(C(=O)NCc5ccco5)cc4C#Cc4ccc(-c5ccnn5-c5ccc(C(=O)NCC(C)n6cncn6)cc5C#Cc5ccccc5)nc4)nc3)c2)s1. The van der Waals surface area contributed by atoms with Gasteiger partial charge in [-0.2, -0.15) is 20.4 Å². The number of anilines is 1. The highest BCUT2D eigenvalue weighted by Gasteiger charge is 2.19. The number of carbonyl (C=O) groups is 3. The van der Waals surface area contributed by atoms with Crippen molar-refractivity contribution in [3.8, 4) is 75.4 Å². The Balaban J connectivity index is 0.817. The first-order valence-corrected chi connectivity index (χ1v) is 28.1. The maximum Gasteiger partial charge on any atom is 0.257 e. The lowest BCUT2D eigenvalue weighted by atomic mass is 10.1. The minimum Gasteiger partial charge on any atom is -0.467 e. The van der Waals surface area contributed by atoms with Gasteiger partial charge >= 0.3 is 0 Å². The van der Waals surface area contributed by atoms with E-state index in [1.165, 1.54) is 17.7 Å². The lowest BCUT2D eigenvalue weighted by Gasteiger charge is -2.14. The predicted octanol–water partition coefficient (Wildman–Crippen LogP) is 9.34. The number of hydrogen-bond donors (Lipinski definition) is 3. The number of nitrogens with one attached hydrogen (secondary N) is 3. The fraction of sp³-hybridized carbons (Fsp3) is 0.0909. The van der Waals surface area contributed by atoms with Gasteiger partial charge in [0.1, 0.15) is 23.4 Å². The van der Waals surface area contributed by atoms with Crippen LogP contribution in [0.2, 0.25) is 0 Å². The Morgan fingerprint density at radius 3 is 1.75 bits per heavy atom. The van der Waals surface area contributed by atoms with Gasteiger partial charge in [-0.25, -0.2) is 23.7 Å². The molecule has 3 N–H and O–H groups in total. The van der Waals surface area contributed by atoms with Gasteiger partial charge in [0.25, 0.3) is 17.7 Å². The largest absolute Gasteiger partial charge is 0.467 e. The summed E-state index contributed by atoms with van der Waals surface area (Å²) in [4.78, 5) is 54.2. The van der Waals surface area contributed by atoms with Crippen molar-refractivity contribution in [2.24, 2.45) is 0 Å². The molecule has 422 valence electrons. The Bertz CT molecular complexity index is 4630. The van der Waals surface area contributed by atoms with Gasteiger partial charge in [0.2, 0.25) is 5.13 Å². The third kappa shape index (κ3) is 12.9. The van der Waals surface area contributed by atoms with Crippen molar-refractivity contribution < 1.29 is 18.8 Å². The first kappa shape index (κ1) is 55.4. The average Bonchev–Trinajstić information content (AvgIpc) is 4.50. The molecule has 0 saturated carbocycles. The number of hydrogen-bond acceptors (Lipinski definition) is 14. The van der Waals surface area contributed by atoms with Crippen molar-refractivity contribution in [2.45, 2.75) is 32.9 Å². The minimum absolute atomic E-state index is 0.113. The van der Waals surface area contributed by atoms with Crippen molar-refractivity contribution in [2.75, 3.05) is 11.9 Å². The molecule has 21 heteroatoms. The summed E-state index contributed by atoms with van der Waals surface area (Å²) < 4.78 is 12.3. The van der Waals surface area contributed by atoms with E-state index in [0.29, 0.717) is 108 Å². The third-order valence-electron chi connectivity index (χ3n) is 13.6. The summed E-state index contributed by atoms with van der Waals surface area (Å²) in [6.45, 7) is 4.45. The number of aryl methyl sites for hydroxylation is 1. The highest BCUT2D eigenvalue weighted by Crippen LogP contribution is 2.27. The minimum atomic E-state index is -0.340. The fourth-order valence-corrected chi connectivity index (χ4v) is 9.72. The number of rotatable bonds is 15.